The number of para-hydroxylation sites is 1. The van der Waals surface area contributed by atoms with Gasteiger partial charge in [0, 0.05) is 29.1 Å². The zero-order valence-corrected chi connectivity index (χ0v) is 11.9. The first-order valence-electron chi connectivity index (χ1n) is 6.11. The first-order chi connectivity index (χ1) is 8.61. The number of aryl methyl sites for hydroxylation is 3. The second-order valence-electron chi connectivity index (χ2n) is 4.38. The minimum absolute atomic E-state index is 0.889. The van der Waals surface area contributed by atoms with Crippen molar-refractivity contribution >= 4 is 17.4 Å². The Balaban J connectivity index is 2.11. The standard InChI is InChI=1S/C14H19N3S/c1-4-11-8-12(17(3)16-11)9-18-13-7-5-6-10(2)14(13)15/h5-8H,4,9,15H2,1-3H3. The summed E-state index contributed by atoms with van der Waals surface area (Å²) in [6, 6.07) is 8.33. The minimum Gasteiger partial charge on any atom is -0.398 e. The van der Waals surface area contributed by atoms with Gasteiger partial charge in [-0.25, -0.2) is 0 Å². The number of hydrogen-bond donors (Lipinski definition) is 1. The molecule has 0 fully saturated rings. The Morgan fingerprint density at radius 1 is 1.39 bits per heavy atom. The zero-order chi connectivity index (χ0) is 13.1. The van der Waals surface area contributed by atoms with E-state index < -0.39 is 0 Å². The molecule has 0 aliphatic heterocycles. The summed E-state index contributed by atoms with van der Waals surface area (Å²) < 4.78 is 1.96. The summed E-state index contributed by atoms with van der Waals surface area (Å²) in [6.45, 7) is 4.16. The number of aromatic nitrogens is 2. The fourth-order valence-corrected chi connectivity index (χ4v) is 2.88. The molecule has 1 heterocycles. The molecule has 96 valence electrons. The highest BCUT2D eigenvalue weighted by Gasteiger charge is 2.07. The van der Waals surface area contributed by atoms with Gasteiger partial charge in [-0.05, 0) is 31.0 Å². The first-order valence-corrected chi connectivity index (χ1v) is 7.10. The molecular weight excluding hydrogens is 242 g/mol. The summed E-state index contributed by atoms with van der Waals surface area (Å²) in [7, 11) is 1.99. The van der Waals surface area contributed by atoms with Gasteiger partial charge in [-0.2, -0.15) is 5.10 Å². The smallest absolute Gasteiger partial charge is 0.0625 e. The molecule has 2 N–H and O–H groups in total. The molecule has 0 atom stereocenters. The zero-order valence-electron chi connectivity index (χ0n) is 11.1. The van der Waals surface area contributed by atoms with E-state index in [2.05, 4.69) is 30.2 Å². The number of rotatable bonds is 4. The molecule has 0 saturated heterocycles. The lowest BCUT2D eigenvalue weighted by molar-refractivity contribution is 0.720. The largest absolute Gasteiger partial charge is 0.398 e. The molecule has 0 saturated carbocycles. The molecular formula is C14H19N3S. The van der Waals surface area contributed by atoms with Crippen LogP contribution in [0.4, 0.5) is 5.69 Å². The molecule has 0 aliphatic carbocycles. The Morgan fingerprint density at radius 2 is 2.17 bits per heavy atom. The van der Waals surface area contributed by atoms with Crippen molar-refractivity contribution in [3.05, 3.63) is 41.2 Å². The lowest BCUT2D eigenvalue weighted by atomic mass is 10.2. The van der Waals surface area contributed by atoms with Crippen LogP contribution in [0.25, 0.3) is 0 Å². The van der Waals surface area contributed by atoms with Crippen molar-refractivity contribution in [2.45, 2.75) is 30.9 Å². The van der Waals surface area contributed by atoms with Crippen LogP contribution in [0.15, 0.2) is 29.2 Å². The Kier molecular flexibility index (Phi) is 3.97. The van der Waals surface area contributed by atoms with Crippen molar-refractivity contribution in [3.63, 3.8) is 0 Å². The van der Waals surface area contributed by atoms with Gasteiger partial charge in [0.15, 0.2) is 0 Å². The van der Waals surface area contributed by atoms with Gasteiger partial charge in [-0.1, -0.05) is 19.1 Å². The number of nitrogen functional groups attached to an aromatic ring is 1. The van der Waals surface area contributed by atoms with E-state index in [9.17, 15) is 0 Å². The summed E-state index contributed by atoms with van der Waals surface area (Å²) in [5.74, 6) is 0.900. The second kappa shape index (κ2) is 5.48. The van der Waals surface area contributed by atoms with Gasteiger partial charge in [-0.3, -0.25) is 4.68 Å². The molecule has 0 spiro atoms. The van der Waals surface area contributed by atoms with Gasteiger partial charge in [0.2, 0.25) is 0 Å². The highest BCUT2D eigenvalue weighted by Crippen LogP contribution is 2.30. The Morgan fingerprint density at radius 3 is 2.83 bits per heavy atom. The summed E-state index contributed by atoms with van der Waals surface area (Å²) >= 11 is 1.77. The fraction of sp³-hybridized carbons (Fsp3) is 0.357. The van der Waals surface area contributed by atoms with Crippen LogP contribution in [0.3, 0.4) is 0 Å². The van der Waals surface area contributed by atoms with Gasteiger partial charge >= 0.3 is 0 Å². The molecule has 2 rings (SSSR count). The van der Waals surface area contributed by atoms with Crippen molar-refractivity contribution in [1.82, 2.24) is 9.78 Å². The average molecular weight is 261 g/mol. The van der Waals surface area contributed by atoms with E-state index in [0.29, 0.717) is 0 Å². The van der Waals surface area contributed by atoms with E-state index >= 15 is 0 Å². The van der Waals surface area contributed by atoms with Crippen LogP contribution in [-0.4, -0.2) is 9.78 Å². The van der Waals surface area contributed by atoms with Crippen molar-refractivity contribution in [2.75, 3.05) is 5.73 Å². The van der Waals surface area contributed by atoms with Crippen LogP contribution in [0.1, 0.15) is 23.9 Å². The van der Waals surface area contributed by atoms with E-state index in [1.807, 2.05) is 24.7 Å². The normalized spacial score (nSPS) is 10.8. The predicted octanol–water partition coefficient (Wildman–Crippen LogP) is 3.17. The molecule has 0 aliphatic rings. The van der Waals surface area contributed by atoms with Crippen LogP contribution in [0.5, 0.6) is 0 Å². The van der Waals surface area contributed by atoms with E-state index in [1.54, 1.807) is 11.8 Å². The molecule has 0 radical (unpaired) electrons. The predicted molar refractivity (Wildman–Crippen MR) is 77.7 cm³/mol. The molecule has 0 unspecified atom stereocenters. The first kappa shape index (κ1) is 13.0. The monoisotopic (exact) mass is 261 g/mol. The third-order valence-electron chi connectivity index (χ3n) is 3.05. The maximum absolute atomic E-state index is 6.07. The molecule has 18 heavy (non-hydrogen) atoms. The molecule has 1 aromatic carbocycles. The van der Waals surface area contributed by atoms with Crippen molar-refractivity contribution in [1.29, 1.82) is 0 Å². The number of benzene rings is 1. The molecule has 0 bridgehead atoms. The van der Waals surface area contributed by atoms with E-state index in [1.165, 1.54) is 5.69 Å². The van der Waals surface area contributed by atoms with Gasteiger partial charge in [0.05, 0.1) is 5.69 Å². The topological polar surface area (TPSA) is 43.8 Å². The number of hydrogen-bond acceptors (Lipinski definition) is 3. The highest BCUT2D eigenvalue weighted by atomic mass is 32.2. The summed E-state index contributed by atoms with van der Waals surface area (Å²) in [6.07, 6.45) is 0.977. The molecule has 3 nitrogen and oxygen atoms in total. The molecule has 4 heteroatoms. The lowest BCUT2D eigenvalue weighted by Gasteiger charge is -2.07. The van der Waals surface area contributed by atoms with Crippen LogP contribution in [0, 0.1) is 6.92 Å². The Hall–Kier alpha value is -1.42. The highest BCUT2D eigenvalue weighted by molar-refractivity contribution is 7.98. The van der Waals surface area contributed by atoms with Crippen LogP contribution in [-0.2, 0) is 19.2 Å². The Labute approximate surface area is 112 Å². The molecule has 2 aromatic rings. The van der Waals surface area contributed by atoms with E-state index in [4.69, 9.17) is 5.73 Å². The van der Waals surface area contributed by atoms with Crippen LogP contribution < -0.4 is 5.73 Å². The van der Waals surface area contributed by atoms with Gasteiger partial charge in [0.25, 0.3) is 0 Å². The lowest BCUT2D eigenvalue weighted by Crippen LogP contribution is -1.97. The quantitative estimate of drug-likeness (QED) is 0.679. The summed E-state index contributed by atoms with van der Waals surface area (Å²) in [5, 5.41) is 4.45. The molecule has 0 amide bonds. The third-order valence-corrected chi connectivity index (χ3v) is 4.16. The van der Waals surface area contributed by atoms with Crippen molar-refractivity contribution in [2.24, 2.45) is 7.05 Å². The van der Waals surface area contributed by atoms with Crippen molar-refractivity contribution < 1.29 is 0 Å². The second-order valence-corrected chi connectivity index (χ2v) is 5.40. The average Bonchev–Trinajstić information content (AvgIpc) is 2.72. The minimum atomic E-state index is 0.889. The van der Waals surface area contributed by atoms with Gasteiger partial charge < -0.3 is 5.73 Å². The number of nitrogens with zero attached hydrogens (tertiary/aromatic N) is 2. The summed E-state index contributed by atoms with van der Waals surface area (Å²) in [5.41, 5.74) is 10.5. The van der Waals surface area contributed by atoms with Crippen LogP contribution >= 0.6 is 11.8 Å². The van der Waals surface area contributed by atoms with Crippen LogP contribution in [0.2, 0.25) is 0 Å². The Bertz CT molecular complexity index is 546. The number of nitrogens with two attached hydrogens (primary N) is 1. The SMILES string of the molecule is CCc1cc(CSc2cccc(C)c2N)n(C)n1. The van der Waals surface area contributed by atoms with E-state index in [0.717, 1.165) is 34.0 Å². The third kappa shape index (κ3) is 2.70. The maximum atomic E-state index is 6.07. The maximum Gasteiger partial charge on any atom is 0.0625 e. The number of anilines is 1. The van der Waals surface area contributed by atoms with Gasteiger partial charge in [0.1, 0.15) is 0 Å². The van der Waals surface area contributed by atoms with Crippen molar-refractivity contribution in [3.8, 4) is 0 Å². The summed E-state index contributed by atoms with van der Waals surface area (Å²) in [4.78, 5) is 1.15. The number of thioether (sulfide) groups is 1. The molecule has 1 aromatic heterocycles. The van der Waals surface area contributed by atoms with E-state index in [-0.39, 0.29) is 0 Å². The fourth-order valence-electron chi connectivity index (χ4n) is 1.81. The van der Waals surface area contributed by atoms with Gasteiger partial charge in [-0.15, -0.1) is 11.8 Å².